The van der Waals surface area contributed by atoms with Gasteiger partial charge in [-0.2, -0.15) is 10.3 Å². The van der Waals surface area contributed by atoms with Crippen LogP contribution in [0.5, 0.6) is 5.75 Å². The quantitative estimate of drug-likeness (QED) is 0.432. The fourth-order valence-electron chi connectivity index (χ4n) is 4.71. The number of nitrogens with zero attached hydrogens (tertiary/aromatic N) is 6. The largest absolute Gasteiger partial charge is 0.497 e. The lowest BCUT2D eigenvalue weighted by atomic mass is 10.1. The molecule has 2 aromatic carbocycles. The molecule has 2 saturated heterocycles. The Morgan fingerprint density at radius 1 is 1.24 bits per heavy atom. The van der Waals surface area contributed by atoms with Crippen molar-refractivity contribution in [2.24, 2.45) is 0 Å². The predicted octanol–water partition coefficient (Wildman–Crippen LogP) is 1.35. The van der Waals surface area contributed by atoms with E-state index in [4.69, 9.17) is 10.5 Å². The van der Waals surface area contributed by atoms with E-state index in [1.165, 1.54) is 21.2 Å². The molecule has 4 amide bonds. The van der Waals surface area contributed by atoms with Gasteiger partial charge in [-0.15, -0.1) is 0 Å². The van der Waals surface area contributed by atoms with E-state index in [0.29, 0.717) is 10.9 Å². The van der Waals surface area contributed by atoms with Gasteiger partial charge in [0.2, 0.25) is 11.8 Å². The van der Waals surface area contributed by atoms with E-state index in [0.717, 1.165) is 21.3 Å². The van der Waals surface area contributed by atoms with Gasteiger partial charge in [0.1, 0.15) is 25.0 Å². The summed E-state index contributed by atoms with van der Waals surface area (Å²) < 4.78 is 6.09. The van der Waals surface area contributed by atoms with Crippen LogP contribution in [0.4, 0.5) is 9.93 Å². The summed E-state index contributed by atoms with van der Waals surface area (Å²) in [5, 5.41) is 15.5. The Hall–Kier alpha value is -4.41. The number of nitrogens with one attached hydrogen (secondary N) is 1. The first kappa shape index (κ1) is 25.2. The molecule has 1 atom stereocenters. The maximum Gasteiger partial charge on any atom is 0.333 e. The monoisotopic (exact) mass is 534 g/mol. The zero-order valence-corrected chi connectivity index (χ0v) is 21.5. The highest BCUT2D eigenvalue weighted by molar-refractivity contribution is 7.22. The maximum atomic E-state index is 13.2. The minimum absolute atomic E-state index is 0.108. The van der Waals surface area contributed by atoms with Crippen LogP contribution in [0.25, 0.3) is 10.2 Å². The van der Waals surface area contributed by atoms with Crippen molar-refractivity contribution in [3.63, 3.8) is 0 Å². The minimum atomic E-state index is -0.583. The number of ether oxygens (including phenoxy) is 1. The van der Waals surface area contributed by atoms with Crippen molar-refractivity contribution in [1.29, 1.82) is 5.26 Å². The molecule has 2 aliphatic heterocycles. The standard InChI is InChI=1S/C25H26N8O4S/c1-37-18-7-5-16(6-8-18)11-28-25(36)32(10-9-26)33-15-22(35)31-14-21(34)30(13-20(31)33)12-17-3-2-4-19-23(17)29-24(27)38-19/h2-8,20H,10-15H2,1H3,(H2,27,29)(H,28,36)/t20-/m0/s1. The summed E-state index contributed by atoms with van der Waals surface area (Å²) in [6.45, 7) is 0.219. The Kier molecular flexibility index (Phi) is 6.99. The highest BCUT2D eigenvalue weighted by atomic mass is 32.1. The van der Waals surface area contributed by atoms with E-state index in [9.17, 15) is 19.6 Å². The zero-order valence-electron chi connectivity index (χ0n) is 20.7. The number of nitriles is 1. The van der Waals surface area contributed by atoms with E-state index in [2.05, 4.69) is 10.3 Å². The fraction of sp³-hybridized carbons (Fsp3) is 0.320. The Balaban J connectivity index is 1.32. The third-order valence-corrected chi connectivity index (χ3v) is 7.46. The van der Waals surface area contributed by atoms with Crippen LogP contribution in [0.15, 0.2) is 42.5 Å². The fourth-order valence-corrected chi connectivity index (χ4v) is 5.49. The number of hydrogen-bond acceptors (Lipinski definition) is 9. The van der Waals surface area contributed by atoms with Gasteiger partial charge in [0.05, 0.1) is 36.5 Å². The van der Waals surface area contributed by atoms with Crippen LogP contribution in [0.3, 0.4) is 0 Å². The molecule has 13 heteroatoms. The molecular weight excluding hydrogens is 508 g/mol. The summed E-state index contributed by atoms with van der Waals surface area (Å²) in [4.78, 5) is 46.5. The first-order valence-electron chi connectivity index (χ1n) is 11.9. The number of benzene rings is 2. The first-order chi connectivity index (χ1) is 18.4. The molecule has 0 bridgehead atoms. The maximum absolute atomic E-state index is 13.2. The number of urea groups is 1. The van der Waals surface area contributed by atoms with Crippen LogP contribution in [0.2, 0.25) is 0 Å². The third kappa shape index (κ3) is 4.91. The van der Waals surface area contributed by atoms with E-state index in [1.807, 2.05) is 36.4 Å². The number of carbonyl (C=O) groups excluding carboxylic acids is 3. The second kappa shape index (κ2) is 10.5. The number of thiazole rings is 1. The molecule has 196 valence electrons. The van der Waals surface area contributed by atoms with E-state index in [1.54, 1.807) is 29.2 Å². The number of fused-ring (bicyclic) bond motifs is 2. The molecule has 3 aromatic rings. The number of piperazine rings is 1. The molecule has 3 heterocycles. The van der Waals surface area contributed by atoms with Crippen molar-refractivity contribution in [3.05, 3.63) is 53.6 Å². The third-order valence-electron chi connectivity index (χ3n) is 6.61. The molecule has 0 aliphatic carbocycles. The second-order valence-electron chi connectivity index (χ2n) is 8.91. The number of amides is 4. The highest BCUT2D eigenvalue weighted by Crippen LogP contribution is 2.29. The van der Waals surface area contributed by atoms with Crippen LogP contribution < -0.4 is 15.8 Å². The topological polar surface area (TPSA) is 148 Å². The molecule has 1 aromatic heterocycles. The number of nitrogens with two attached hydrogens (primary N) is 1. The summed E-state index contributed by atoms with van der Waals surface area (Å²) in [6.07, 6.45) is -0.583. The van der Waals surface area contributed by atoms with Crippen molar-refractivity contribution < 1.29 is 19.1 Å². The molecule has 0 spiro atoms. The molecule has 38 heavy (non-hydrogen) atoms. The zero-order chi connectivity index (χ0) is 26.8. The number of methoxy groups -OCH3 is 1. The van der Waals surface area contributed by atoms with E-state index in [-0.39, 0.29) is 51.1 Å². The van der Waals surface area contributed by atoms with E-state index >= 15 is 0 Å². The molecule has 12 nitrogen and oxygen atoms in total. The lowest BCUT2D eigenvalue weighted by Gasteiger charge is -2.42. The number of hydrazine groups is 1. The van der Waals surface area contributed by atoms with E-state index < -0.39 is 12.2 Å². The molecular formula is C25H26N8O4S. The summed E-state index contributed by atoms with van der Waals surface area (Å²) in [6, 6.07) is 14.5. The van der Waals surface area contributed by atoms with Crippen LogP contribution in [-0.2, 0) is 22.7 Å². The van der Waals surface area contributed by atoms with Gasteiger partial charge in [0, 0.05) is 13.1 Å². The van der Waals surface area contributed by atoms with Crippen molar-refractivity contribution in [1.82, 2.24) is 30.1 Å². The molecule has 2 aliphatic rings. The second-order valence-corrected chi connectivity index (χ2v) is 9.97. The van der Waals surface area contributed by atoms with Gasteiger partial charge in [-0.25, -0.2) is 14.8 Å². The van der Waals surface area contributed by atoms with Crippen LogP contribution in [0, 0.1) is 11.3 Å². The lowest BCUT2D eigenvalue weighted by Crippen LogP contribution is -2.62. The van der Waals surface area contributed by atoms with Crippen molar-refractivity contribution >= 4 is 44.5 Å². The summed E-state index contributed by atoms with van der Waals surface area (Å²) in [7, 11) is 1.58. The number of nitrogen functional groups attached to an aromatic ring is 1. The summed E-state index contributed by atoms with van der Waals surface area (Å²) >= 11 is 1.38. The molecule has 0 saturated carbocycles. The van der Waals surface area contributed by atoms with Gasteiger partial charge < -0.3 is 25.6 Å². The molecule has 0 radical (unpaired) electrons. The lowest BCUT2D eigenvalue weighted by molar-refractivity contribution is -0.149. The first-order valence-corrected chi connectivity index (χ1v) is 12.7. The molecule has 0 unspecified atom stereocenters. The number of carbonyl (C=O) groups is 3. The average molecular weight is 535 g/mol. The van der Waals surface area contributed by atoms with Gasteiger partial charge in [0.25, 0.3) is 0 Å². The van der Waals surface area contributed by atoms with Gasteiger partial charge in [-0.1, -0.05) is 35.6 Å². The predicted molar refractivity (Wildman–Crippen MR) is 139 cm³/mol. The minimum Gasteiger partial charge on any atom is -0.497 e. The number of hydrogen-bond donors (Lipinski definition) is 2. The molecule has 3 N–H and O–H groups in total. The summed E-state index contributed by atoms with van der Waals surface area (Å²) in [5.41, 5.74) is 8.33. The number of para-hydroxylation sites is 1. The molecule has 5 rings (SSSR count). The van der Waals surface area contributed by atoms with Crippen LogP contribution in [0.1, 0.15) is 11.1 Å². The average Bonchev–Trinajstić information content (AvgIpc) is 3.45. The molecule has 2 fully saturated rings. The number of anilines is 1. The normalized spacial score (nSPS) is 17.4. The van der Waals surface area contributed by atoms with Crippen LogP contribution >= 0.6 is 11.3 Å². The Morgan fingerprint density at radius 3 is 2.76 bits per heavy atom. The number of aromatic nitrogens is 1. The van der Waals surface area contributed by atoms with Gasteiger partial charge >= 0.3 is 6.03 Å². The Morgan fingerprint density at radius 2 is 2.03 bits per heavy atom. The Labute approximate surface area is 222 Å². The van der Waals surface area contributed by atoms with Gasteiger partial charge in [0.15, 0.2) is 5.13 Å². The van der Waals surface area contributed by atoms with Gasteiger partial charge in [-0.3, -0.25) is 9.59 Å². The smallest absolute Gasteiger partial charge is 0.333 e. The van der Waals surface area contributed by atoms with Crippen molar-refractivity contribution in [3.8, 4) is 11.8 Å². The van der Waals surface area contributed by atoms with Gasteiger partial charge in [-0.05, 0) is 29.3 Å². The summed E-state index contributed by atoms with van der Waals surface area (Å²) in [5.74, 6) is 0.225. The van der Waals surface area contributed by atoms with Crippen molar-refractivity contribution in [2.75, 3.05) is 39.0 Å². The van der Waals surface area contributed by atoms with Crippen LogP contribution in [-0.4, -0.2) is 82.1 Å². The Bertz CT molecular complexity index is 1420. The SMILES string of the molecule is COc1ccc(CNC(=O)N(CC#N)N2CC(=O)N3CC(=O)N(Cc4cccc5sc(N)nc45)C[C@@H]32)cc1. The number of rotatable bonds is 7. The highest BCUT2D eigenvalue weighted by Gasteiger charge is 2.47. The van der Waals surface area contributed by atoms with Crippen molar-refractivity contribution in [2.45, 2.75) is 19.3 Å².